The second-order valence-electron chi connectivity index (χ2n) is 5.04. The fourth-order valence-electron chi connectivity index (χ4n) is 2.93. The molecule has 0 aromatic rings. The van der Waals surface area contributed by atoms with Crippen LogP contribution in [0.25, 0.3) is 0 Å². The maximum atomic E-state index is 5.46. The lowest BCUT2D eigenvalue weighted by molar-refractivity contribution is 0.0319. The maximum absolute atomic E-state index is 5.46. The zero-order chi connectivity index (χ0) is 11.4. The number of hydrogen-bond donors (Lipinski definition) is 1. The van der Waals surface area contributed by atoms with Crippen molar-refractivity contribution in [3.8, 4) is 0 Å². The number of rotatable bonds is 5. The van der Waals surface area contributed by atoms with Crippen molar-refractivity contribution in [2.45, 2.75) is 31.8 Å². The Balaban J connectivity index is 1.72. The fourth-order valence-corrected chi connectivity index (χ4v) is 2.93. The van der Waals surface area contributed by atoms with Gasteiger partial charge in [0, 0.05) is 38.3 Å². The Morgan fingerprint density at radius 1 is 1.31 bits per heavy atom. The van der Waals surface area contributed by atoms with Crippen molar-refractivity contribution in [1.29, 1.82) is 0 Å². The minimum Gasteiger partial charge on any atom is -0.379 e. The average Bonchev–Trinajstić information content (AvgIpc) is 2.71. The molecule has 2 heterocycles. The van der Waals surface area contributed by atoms with E-state index in [1.807, 2.05) is 0 Å². The molecule has 2 saturated heterocycles. The molecule has 0 saturated carbocycles. The van der Waals surface area contributed by atoms with Gasteiger partial charge in [-0.3, -0.25) is 9.80 Å². The van der Waals surface area contributed by atoms with Gasteiger partial charge in [0.15, 0.2) is 0 Å². The third-order valence-electron chi connectivity index (χ3n) is 3.85. The van der Waals surface area contributed by atoms with E-state index >= 15 is 0 Å². The fraction of sp³-hybridized carbons (Fsp3) is 1.00. The first-order valence-electron chi connectivity index (χ1n) is 6.57. The van der Waals surface area contributed by atoms with Crippen LogP contribution in [-0.4, -0.2) is 67.8 Å². The highest BCUT2D eigenvalue weighted by atomic mass is 16.5. The van der Waals surface area contributed by atoms with Gasteiger partial charge in [-0.05, 0) is 26.3 Å². The predicted molar refractivity (Wildman–Crippen MR) is 65.5 cm³/mol. The third-order valence-corrected chi connectivity index (χ3v) is 3.85. The zero-order valence-electron chi connectivity index (χ0n) is 10.4. The zero-order valence-corrected chi connectivity index (χ0v) is 10.4. The molecule has 0 spiro atoms. The summed E-state index contributed by atoms with van der Waals surface area (Å²) in [6, 6.07) is 1.49. The third kappa shape index (κ3) is 2.94. The Labute approximate surface area is 98.7 Å². The van der Waals surface area contributed by atoms with E-state index in [1.165, 1.54) is 32.5 Å². The summed E-state index contributed by atoms with van der Waals surface area (Å²) in [7, 11) is 0. The van der Waals surface area contributed by atoms with E-state index in [-0.39, 0.29) is 0 Å². The van der Waals surface area contributed by atoms with Gasteiger partial charge >= 0.3 is 0 Å². The molecule has 2 aliphatic rings. The Kier molecular flexibility index (Phi) is 4.58. The number of hydrogen-bond acceptors (Lipinski definition) is 4. The van der Waals surface area contributed by atoms with E-state index in [9.17, 15) is 0 Å². The van der Waals surface area contributed by atoms with Gasteiger partial charge in [0.05, 0.1) is 13.2 Å². The molecule has 0 bridgehead atoms. The summed E-state index contributed by atoms with van der Waals surface area (Å²) >= 11 is 0. The predicted octanol–water partition coefficient (Wildman–Crippen LogP) is 0.130. The highest BCUT2D eigenvalue weighted by molar-refractivity contribution is 4.90. The van der Waals surface area contributed by atoms with Gasteiger partial charge < -0.3 is 10.5 Å². The molecule has 0 aromatic carbocycles. The van der Waals surface area contributed by atoms with E-state index in [4.69, 9.17) is 10.5 Å². The molecule has 2 unspecified atom stereocenters. The summed E-state index contributed by atoms with van der Waals surface area (Å²) in [6.45, 7) is 9.32. The quantitative estimate of drug-likeness (QED) is 0.678. The highest BCUT2D eigenvalue weighted by Gasteiger charge is 2.33. The lowest BCUT2D eigenvalue weighted by atomic mass is 10.1. The van der Waals surface area contributed by atoms with Crippen LogP contribution in [0.5, 0.6) is 0 Å². The number of nitrogens with two attached hydrogens (primary N) is 1. The van der Waals surface area contributed by atoms with Crippen LogP contribution in [-0.2, 0) is 4.74 Å². The number of piperazine rings is 1. The maximum Gasteiger partial charge on any atom is 0.0594 e. The molecule has 0 aromatic heterocycles. The lowest BCUT2D eigenvalue weighted by Gasteiger charge is -2.42. The van der Waals surface area contributed by atoms with E-state index in [0.717, 1.165) is 19.2 Å². The molecule has 16 heavy (non-hydrogen) atoms. The molecule has 2 fully saturated rings. The van der Waals surface area contributed by atoms with Crippen LogP contribution >= 0.6 is 0 Å². The summed E-state index contributed by atoms with van der Waals surface area (Å²) in [5, 5.41) is 0. The number of nitrogens with zero attached hydrogens (tertiary/aromatic N) is 2. The topological polar surface area (TPSA) is 41.7 Å². The normalized spacial score (nSPS) is 31.9. The van der Waals surface area contributed by atoms with Crippen LogP contribution in [0.3, 0.4) is 0 Å². The first-order valence-corrected chi connectivity index (χ1v) is 6.57. The summed E-state index contributed by atoms with van der Waals surface area (Å²) in [6.07, 6.45) is 2.77. The van der Waals surface area contributed by atoms with Crippen molar-refractivity contribution in [3.63, 3.8) is 0 Å². The molecule has 2 rings (SSSR count). The van der Waals surface area contributed by atoms with Crippen LogP contribution in [0.4, 0.5) is 0 Å². The Bertz CT molecular complexity index is 212. The Morgan fingerprint density at radius 2 is 2.19 bits per heavy atom. The summed E-state index contributed by atoms with van der Waals surface area (Å²) < 4.78 is 5.46. The van der Waals surface area contributed by atoms with Crippen molar-refractivity contribution in [2.75, 3.05) is 45.9 Å². The molecular weight excluding hydrogens is 202 g/mol. The van der Waals surface area contributed by atoms with E-state index in [2.05, 4.69) is 16.7 Å². The van der Waals surface area contributed by atoms with Gasteiger partial charge in [0.25, 0.3) is 0 Å². The van der Waals surface area contributed by atoms with Crippen LogP contribution in [0, 0.1) is 0 Å². The van der Waals surface area contributed by atoms with Gasteiger partial charge in [0.1, 0.15) is 0 Å². The average molecular weight is 227 g/mol. The summed E-state index contributed by atoms with van der Waals surface area (Å²) in [5.74, 6) is 0. The molecule has 0 aliphatic carbocycles. The van der Waals surface area contributed by atoms with Crippen LogP contribution in [0.2, 0.25) is 0 Å². The van der Waals surface area contributed by atoms with Crippen LogP contribution in [0.15, 0.2) is 0 Å². The first kappa shape index (κ1) is 12.3. The largest absolute Gasteiger partial charge is 0.379 e. The molecule has 4 nitrogen and oxygen atoms in total. The molecule has 2 atom stereocenters. The molecular formula is C12H25N3O. The second-order valence-corrected chi connectivity index (χ2v) is 5.04. The van der Waals surface area contributed by atoms with Gasteiger partial charge in [-0.1, -0.05) is 0 Å². The first-order chi connectivity index (χ1) is 7.81. The second kappa shape index (κ2) is 5.96. The van der Waals surface area contributed by atoms with Gasteiger partial charge in [0.2, 0.25) is 0 Å². The number of ether oxygens (including phenoxy) is 1. The summed E-state index contributed by atoms with van der Waals surface area (Å²) in [5.41, 5.74) is 5.40. The monoisotopic (exact) mass is 227 g/mol. The van der Waals surface area contributed by atoms with Crippen LogP contribution < -0.4 is 5.73 Å². The molecule has 0 radical (unpaired) electrons. The lowest BCUT2D eigenvalue weighted by Crippen LogP contribution is -2.55. The number of fused-ring (bicyclic) bond motifs is 1. The standard InChI is InChI=1S/C12H25N3O/c1-11-9-15-5-2-3-12(15)10-14(11)6-8-16-7-4-13/h11-12H,2-10,13H2,1H3. The minimum absolute atomic E-state index is 0.631. The van der Waals surface area contributed by atoms with E-state index in [0.29, 0.717) is 19.2 Å². The van der Waals surface area contributed by atoms with Gasteiger partial charge in [-0.2, -0.15) is 0 Å². The van der Waals surface area contributed by atoms with Crippen molar-refractivity contribution >= 4 is 0 Å². The molecule has 2 N–H and O–H groups in total. The van der Waals surface area contributed by atoms with Crippen LogP contribution in [0.1, 0.15) is 19.8 Å². The SMILES string of the molecule is CC1CN2CCCC2CN1CCOCCN. The smallest absolute Gasteiger partial charge is 0.0594 e. The summed E-state index contributed by atoms with van der Waals surface area (Å²) in [4.78, 5) is 5.23. The molecule has 94 valence electrons. The van der Waals surface area contributed by atoms with Gasteiger partial charge in [-0.25, -0.2) is 0 Å². The molecule has 4 heteroatoms. The van der Waals surface area contributed by atoms with Gasteiger partial charge in [-0.15, -0.1) is 0 Å². The highest BCUT2D eigenvalue weighted by Crippen LogP contribution is 2.24. The molecule has 0 amide bonds. The minimum atomic E-state index is 0.631. The Hall–Kier alpha value is -0.160. The van der Waals surface area contributed by atoms with Crippen molar-refractivity contribution < 1.29 is 4.74 Å². The van der Waals surface area contributed by atoms with E-state index < -0.39 is 0 Å². The van der Waals surface area contributed by atoms with Crippen molar-refractivity contribution in [2.24, 2.45) is 5.73 Å². The Morgan fingerprint density at radius 3 is 3.00 bits per heavy atom. The van der Waals surface area contributed by atoms with Crippen molar-refractivity contribution in [1.82, 2.24) is 9.80 Å². The van der Waals surface area contributed by atoms with E-state index in [1.54, 1.807) is 0 Å². The van der Waals surface area contributed by atoms with Crippen molar-refractivity contribution in [3.05, 3.63) is 0 Å². The molecule has 2 aliphatic heterocycles.